The molecule has 23 heavy (non-hydrogen) atoms. The number of nitrogens with zero attached hydrogens (tertiary/aromatic N) is 1. The van der Waals surface area contributed by atoms with Gasteiger partial charge in [-0.05, 0) is 43.3 Å². The second-order valence-corrected chi connectivity index (χ2v) is 5.18. The maximum atomic E-state index is 12.0. The zero-order chi connectivity index (χ0) is 16.8. The molecule has 0 heterocycles. The van der Waals surface area contributed by atoms with E-state index in [1.165, 1.54) is 19.1 Å². The number of carbonyl (C=O) groups is 2. The Hall–Kier alpha value is -2.84. The third-order valence-corrected chi connectivity index (χ3v) is 3.21. The van der Waals surface area contributed by atoms with Gasteiger partial charge in [0.05, 0.1) is 17.2 Å². The zero-order valence-corrected chi connectivity index (χ0v) is 13.0. The second-order valence-electron chi connectivity index (χ2n) is 4.74. The molecule has 0 aliphatic heterocycles. The van der Waals surface area contributed by atoms with Crippen molar-refractivity contribution >= 4 is 29.2 Å². The lowest BCUT2D eigenvalue weighted by Gasteiger charge is -2.13. The van der Waals surface area contributed by atoms with Gasteiger partial charge < -0.3 is 10.1 Å². The van der Waals surface area contributed by atoms with E-state index in [2.05, 4.69) is 5.32 Å². The van der Waals surface area contributed by atoms with Crippen LogP contribution < -0.4 is 5.32 Å². The fourth-order valence-corrected chi connectivity index (χ4v) is 2.00. The molecule has 116 valence electrons. The molecule has 0 aromatic heterocycles. The van der Waals surface area contributed by atoms with Crippen LogP contribution in [0.1, 0.15) is 22.8 Å². The standard InChI is InChI=1S/C17H13ClN2O3/c1-11(23-17(22)13-5-3-6-14(18)9-13)16(21)20-15-7-2-4-12(8-15)10-19/h2-9,11H,1H3,(H,20,21)/t11-/m1/s1. The zero-order valence-electron chi connectivity index (χ0n) is 12.2. The number of hydrogen-bond donors (Lipinski definition) is 1. The summed E-state index contributed by atoms with van der Waals surface area (Å²) in [5.74, 6) is -1.13. The average Bonchev–Trinajstić information content (AvgIpc) is 2.54. The number of nitriles is 1. The molecule has 0 saturated heterocycles. The van der Waals surface area contributed by atoms with E-state index < -0.39 is 18.0 Å². The van der Waals surface area contributed by atoms with E-state index in [1.54, 1.807) is 36.4 Å². The van der Waals surface area contributed by atoms with E-state index >= 15 is 0 Å². The van der Waals surface area contributed by atoms with E-state index in [-0.39, 0.29) is 5.56 Å². The topological polar surface area (TPSA) is 79.2 Å². The summed E-state index contributed by atoms with van der Waals surface area (Å²) in [5.41, 5.74) is 1.15. The summed E-state index contributed by atoms with van der Waals surface area (Å²) in [7, 11) is 0. The highest BCUT2D eigenvalue weighted by molar-refractivity contribution is 6.30. The van der Waals surface area contributed by atoms with Crippen molar-refractivity contribution in [3.8, 4) is 6.07 Å². The molecule has 1 amide bonds. The summed E-state index contributed by atoms with van der Waals surface area (Å²) in [6.07, 6.45) is -0.993. The van der Waals surface area contributed by atoms with Crippen LogP contribution in [0.15, 0.2) is 48.5 Å². The lowest BCUT2D eigenvalue weighted by atomic mass is 10.2. The third-order valence-electron chi connectivity index (χ3n) is 2.97. The molecule has 0 unspecified atom stereocenters. The van der Waals surface area contributed by atoms with Crippen LogP contribution in [0.5, 0.6) is 0 Å². The summed E-state index contributed by atoms with van der Waals surface area (Å²) in [5, 5.41) is 11.8. The predicted octanol–water partition coefficient (Wildman–Crippen LogP) is 3.40. The van der Waals surface area contributed by atoms with Crippen molar-refractivity contribution in [1.29, 1.82) is 5.26 Å². The molecule has 2 aromatic carbocycles. The van der Waals surface area contributed by atoms with E-state index in [1.807, 2.05) is 6.07 Å². The molecule has 1 atom stereocenters. The quantitative estimate of drug-likeness (QED) is 0.872. The summed E-state index contributed by atoms with van der Waals surface area (Å²) in [4.78, 5) is 24.0. The highest BCUT2D eigenvalue weighted by atomic mass is 35.5. The van der Waals surface area contributed by atoms with Gasteiger partial charge in [0.2, 0.25) is 0 Å². The number of halogens is 1. The Morgan fingerprint density at radius 2 is 1.96 bits per heavy atom. The minimum atomic E-state index is -0.993. The van der Waals surface area contributed by atoms with Crippen LogP contribution >= 0.6 is 11.6 Å². The van der Waals surface area contributed by atoms with Crippen LogP contribution in [-0.2, 0) is 9.53 Å². The van der Waals surface area contributed by atoms with Crippen LogP contribution in [0.4, 0.5) is 5.69 Å². The molecule has 0 spiro atoms. The van der Waals surface area contributed by atoms with Crippen LogP contribution in [0.3, 0.4) is 0 Å². The van der Waals surface area contributed by atoms with Gasteiger partial charge in [-0.15, -0.1) is 0 Å². The highest BCUT2D eigenvalue weighted by Crippen LogP contribution is 2.14. The highest BCUT2D eigenvalue weighted by Gasteiger charge is 2.19. The molecule has 0 saturated carbocycles. The first-order chi connectivity index (χ1) is 11.0. The summed E-state index contributed by atoms with van der Waals surface area (Å²) < 4.78 is 5.11. The SMILES string of the molecule is C[C@@H](OC(=O)c1cccc(Cl)c1)C(=O)Nc1cccc(C#N)c1. The molecule has 2 rings (SSSR count). The molecular formula is C17H13ClN2O3. The Morgan fingerprint density at radius 1 is 1.22 bits per heavy atom. The number of ether oxygens (including phenoxy) is 1. The largest absolute Gasteiger partial charge is 0.449 e. The van der Waals surface area contributed by atoms with Crippen molar-refractivity contribution < 1.29 is 14.3 Å². The van der Waals surface area contributed by atoms with Crippen molar-refractivity contribution in [2.75, 3.05) is 5.32 Å². The van der Waals surface area contributed by atoms with Crippen molar-refractivity contribution in [2.24, 2.45) is 0 Å². The first-order valence-electron chi connectivity index (χ1n) is 6.77. The van der Waals surface area contributed by atoms with Gasteiger partial charge in [0.1, 0.15) is 0 Å². The molecule has 0 aliphatic carbocycles. The number of anilines is 1. The normalized spacial score (nSPS) is 11.2. The van der Waals surface area contributed by atoms with Crippen molar-refractivity contribution in [1.82, 2.24) is 0 Å². The molecule has 0 radical (unpaired) electrons. The van der Waals surface area contributed by atoms with Crippen molar-refractivity contribution in [2.45, 2.75) is 13.0 Å². The monoisotopic (exact) mass is 328 g/mol. The number of benzene rings is 2. The summed E-state index contributed by atoms with van der Waals surface area (Å²) >= 11 is 5.81. The number of amides is 1. The van der Waals surface area contributed by atoms with Crippen molar-refractivity contribution in [3.63, 3.8) is 0 Å². The number of carbonyl (C=O) groups excluding carboxylic acids is 2. The van der Waals surface area contributed by atoms with Gasteiger partial charge >= 0.3 is 5.97 Å². The van der Waals surface area contributed by atoms with E-state index in [4.69, 9.17) is 21.6 Å². The third kappa shape index (κ3) is 4.56. The smallest absolute Gasteiger partial charge is 0.338 e. The molecule has 6 heteroatoms. The fraction of sp³-hybridized carbons (Fsp3) is 0.118. The average molecular weight is 329 g/mol. The maximum Gasteiger partial charge on any atom is 0.338 e. The number of hydrogen-bond acceptors (Lipinski definition) is 4. The minimum absolute atomic E-state index is 0.267. The summed E-state index contributed by atoms with van der Waals surface area (Å²) in [6.45, 7) is 1.46. The maximum absolute atomic E-state index is 12.0. The number of rotatable bonds is 4. The number of nitrogens with one attached hydrogen (secondary N) is 1. The Morgan fingerprint density at radius 3 is 2.65 bits per heavy atom. The second kappa shape index (κ2) is 7.43. The van der Waals surface area contributed by atoms with Gasteiger partial charge in [0.15, 0.2) is 6.10 Å². The van der Waals surface area contributed by atoms with Crippen LogP contribution in [-0.4, -0.2) is 18.0 Å². The van der Waals surface area contributed by atoms with Crippen molar-refractivity contribution in [3.05, 3.63) is 64.7 Å². The van der Waals surface area contributed by atoms with Gasteiger partial charge in [-0.25, -0.2) is 4.79 Å². The van der Waals surface area contributed by atoms with Gasteiger partial charge in [0, 0.05) is 10.7 Å². The lowest BCUT2D eigenvalue weighted by molar-refractivity contribution is -0.123. The predicted molar refractivity (Wildman–Crippen MR) is 86.1 cm³/mol. The summed E-state index contributed by atoms with van der Waals surface area (Å²) in [6, 6.07) is 14.7. The molecule has 5 nitrogen and oxygen atoms in total. The Balaban J connectivity index is 1.99. The van der Waals surface area contributed by atoms with Gasteiger partial charge in [-0.3, -0.25) is 4.79 Å². The van der Waals surface area contributed by atoms with Gasteiger partial charge in [0.25, 0.3) is 5.91 Å². The van der Waals surface area contributed by atoms with Gasteiger partial charge in [-0.2, -0.15) is 5.26 Å². The molecule has 1 N–H and O–H groups in total. The molecule has 0 aliphatic rings. The first-order valence-corrected chi connectivity index (χ1v) is 7.15. The van der Waals surface area contributed by atoms with Gasteiger partial charge in [-0.1, -0.05) is 23.7 Å². The Kier molecular flexibility index (Phi) is 5.34. The Labute approximate surface area is 138 Å². The van der Waals surface area contributed by atoms with E-state index in [0.29, 0.717) is 16.3 Å². The minimum Gasteiger partial charge on any atom is -0.449 e. The van der Waals surface area contributed by atoms with E-state index in [0.717, 1.165) is 0 Å². The van der Waals surface area contributed by atoms with Crippen LogP contribution in [0, 0.1) is 11.3 Å². The Bertz CT molecular complexity index is 783. The fourth-order valence-electron chi connectivity index (χ4n) is 1.81. The molecule has 2 aromatic rings. The number of esters is 1. The van der Waals surface area contributed by atoms with Crippen LogP contribution in [0.25, 0.3) is 0 Å². The molecule has 0 bridgehead atoms. The van der Waals surface area contributed by atoms with Crippen LogP contribution in [0.2, 0.25) is 5.02 Å². The first kappa shape index (κ1) is 16.5. The molecule has 0 fully saturated rings. The molecular weight excluding hydrogens is 316 g/mol. The van der Waals surface area contributed by atoms with E-state index in [9.17, 15) is 9.59 Å². The lowest BCUT2D eigenvalue weighted by Crippen LogP contribution is -2.30.